The largest absolute Gasteiger partial charge is 0.586 e. The molecule has 1 saturated carbocycles. The Morgan fingerprint density at radius 3 is 2.65 bits per heavy atom. The molecule has 0 radical (unpaired) electrons. The number of hydrogen-bond acceptors (Lipinski definition) is 5. The summed E-state index contributed by atoms with van der Waals surface area (Å²) in [4.78, 5) is 13.9. The van der Waals surface area contributed by atoms with Gasteiger partial charge in [0.25, 0.3) is 0 Å². The number of ether oxygens (including phenoxy) is 2. The van der Waals surface area contributed by atoms with Crippen LogP contribution in [0.4, 0.5) is 13.2 Å². The average molecular weight is 529 g/mol. The summed E-state index contributed by atoms with van der Waals surface area (Å²) in [5, 5.41) is 19.3. The second-order valence-corrected chi connectivity index (χ2v) is 9.32. The Morgan fingerprint density at radius 2 is 2.00 bits per heavy atom. The van der Waals surface area contributed by atoms with Gasteiger partial charge in [0, 0.05) is 29.8 Å². The number of rotatable bonds is 9. The lowest BCUT2D eigenvalue weighted by Crippen LogP contribution is -2.26. The van der Waals surface area contributed by atoms with E-state index in [9.17, 15) is 23.8 Å². The quantitative estimate of drug-likeness (QED) is 0.409. The van der Waals surface area contributed by atoms with E-state index in [1.54, 1.807) is 0 Å². The molecule has 0 bridgehead atoms. The summed E-state index contributed by atoms with van der Waals surface area (Å²) in [6.07, 6.45) is -9.54. The maximum Gasteiger partial charge on any atom is 0.586 e. The first-order valence-electron chi connectivity index (χ1n) is 16.9. The van der Waals surface area contributed by atoms with E-state index in [2.05, 4.69) is 9.47 Å². The first kappa shape index (κ1) is 15.4. The van der Waals surface area contributed by atoms with Crippen molar-refractivity contribution >= 4 is 16.7 Å². The van der Waals surface area contributed by atoms with Gasteiger partial charge in [-0.25, -0.2) is 4.39 Å². The zero-order chi connectivity index (χ0) is 36.3. The third-order valence-electron chi connectivity index (χ3n) is 6.65. The van der Waals surface area contributed by atoms with Crippen LogP contribution in [0, 0.1) is 5.82 Å². The van der Waals surface area contributed by atoms with E-state index in [4.69, 9.17) is 15.1 Å². The molecule has 9 heteroatoms. The van der Waals surface area contributed by atoms with Crippen LogP contribution in [0.15, 0.2) is 36.3 Å². The van der Waals surface area contributed by atoms with Gasteiger partial charge in [0.05, 0.1) is 38.4 Å². The highest BCUT2D eigenvalue weighted by Gasteiger charge is 2.52. The predicted molar refractivity (Wildman–Crippen MR) is 131 cm³/mol. The number of carbonyl (C=O) groups is 1. The molecule has 0 saturated heterocycles. The van der Waals surface area contributed by atoms with E-state index in [0.29, 0.717) is 0 Å². The smallest absolute Gasteiger partial charge is 0.395 e. The lowest BCUT2D eigenvalue weighted by atomic mass is 9.86. The lowest BCUT2D eigenvalue weighted by Gasteiger charge is -2.26. The Hall–Kier alpha value is -3.04. The third kappa shape index (κ3) is 4.48. The second-order valence-electron chi connectivity index (χ2n) is 9.32. The number of fused-ring (bicyclic) bond motifs is 2. The number of benzene rings is 2. The van der Waals surface area contributed by atoms with E-state index in [1.807, 2.05) is 0 Å². The minimum absolute atomic E-state index is 0.0458. The zero-order valence-electron chi connectivity index (χ0n) is 30.8. The zero-order valence-corrected chi connectivity index (χ0v) is 19.8. The minimum atomic E-state index is -4.23. The van der Waals surface area contributed by atoms with Gasteiger partial charge in [-0.1, -0.05) is 26.7 Å². The molecule has 3 aromatic rings. The molecule has 2 heterocycles. The second kappa shape index (κ2) is 8.77. The molecule has 6 nitrogen and oxygen atoms in total. The van der Waals surface area contributed by atoms with Crippen LogP contribution in [0.25, 0.3) is 10.9 Å². The van der Waals surface area contributed by atoms with E-state index in [0.717, 1.165) is 18.4 Å². The molecule has 2 N–H and O–H groups in total. The van der Waals surface area contributed by atoms with Crippen molar-refractivity contribution in [3.05, 3.63) is 58.9 Å². The van der Waals surface area contributed by atoms with E-state index >= 15 is 4.39 Å². The topological polar surface area (TPSA) is 80.9 Å². The van der Waals surface area contributed by atoms with Gasteiger partial charge in [0.15, 0.2) is 11.5 Å². The Morgan fingerprint density at radius 1 is 1.27 bits per heavy atom. The number of aliphatic hydroxyl groups is 2. The summed E-state index contributed by atoms with van der Waals surface area (Å²) in [5.41, 5.74) is -6.63. The average Bonchev–Trinajstić information content (AvgIpc) is 3.62. The Balaban J connectivity index is 1.71. The van der Waals surface area contributed by atoms with E-state index < -0.39 is 143 Å². The first-order valence-corrected chi connectivity index (χ1v) is 11.4. The van der Waals surface area contributed by atoms with Crippen LogP contribution >= 0.6 is 0 Å². The summed E-state index contributed by atoms with van der Waals surface area (Å²) in [5.74, 6) is -4.07. The summed E-state index contributed by atoms with van der Waals surface area (Å²) in [7, 11) is 0. The Bertz CT molecular complexity index is 1860. The van der Waals surface area contributed by atoms with Gasteiger partial charge < -0.3 is 24.3 Å². The molecule has 0 spiro atoms. The van der Waals surface area contributed by atoms with Gasteiger partial charge in [-0.15, -0.1) is 8.78 Å². The molecule has 37 heavy (non-hydrogen) atoms. The number of alkyl halides is 2. The highest BCUT2D eigenvalue weighted by molar-refractivity contribution is 5.95. The molecule has 1 aromatic heterocycles. The molecule has 2 aliphatic rings. The van der Waals surface area contributed by atoms with E-state index in [1.165, 1.54) is 0 Å². The Kier molecular flexibility index (Phi) is 3.65. The maximum absolute atomic E-state index is 16.1. The molecule has 0 amide bonds. The van der Waals surface area contributed by atoms with Crippen molar-refractivity contribution in [2.75, 3.05) is 6.61 Å². The fraction of sp³-hybridized carbons (Fsp3) is 0.464. The summed E-state index contributed by atoms with van der Waals surface area (Å²) < 4.78 is 146. The van der Waals surface area contributed by atoms with Crippen LogP contribution in [0.1, 0.15) is 71.8 Å². The van der Waals surface area contributed by atoms with Crippen LogP contribution in [-0.4, -0.2) is 39.6 Å². The molecule has 2 aromatic carbocycles. The molecule has 1 fully saturated rings. The number of ketones is 1. The van der Waals surface area contributed by atoms with Gasteiger partial charge in [-0.2, -0.15) is 0 Å². The number of carbonyl (C=O) groups excluding carboxylic acids is 1. The number of aromatic nitrogens is 1. The van der Waals surface area contributed by atoms with Gasteiger partial charge in [-0.05, 0) is 60.6 Å². The fourth-order valence-corrected chi connectivity index (χ4v) is 4.33. The summed E-state index contributed by atoms with van der Waals surface area (Å²) in [6.45, 7) is -2.86. The molecule has 2 atom stereocenters. The summed E-state index contributed by atoms with van der Waals surface area (Å²) >= 11 is 0. The highest BCUT2D eigenvalue weighted by Crippen LogP contribution is 2.52. The van der Waals surface area contributed by atoms with Crippen molar-refractivity contribution in [3.8, 4) is 11.5 Å². The molecular formula is C28H30F3NO5. The molecule has 1 aliphatic carbocycles. The molecular weight excluding hydrogens is 487 g/mol. The van der Waals surface area contributed by atoms with E-state index in [-0.39, 0.29) is 12.8 Å². The Labute approximate surface area is 228 Å². The normalized spacial score (nSPS) is 24.6. The lowest BCUT2D eigenvalue weighted by molar-refractivity contribution is -0.286. The molecule has 1 unspecified atom stereocenters. The molecule has 198 valence electrons. The van der Waals surface area contributed by atoms with Gasteiger partial charge in [0.1, 0.15) is 11.6 Å². The van der Waals surface area contributed by atoms with Crippen LogP contribution in [0.3, 0.4) is 0 Å². The third-order valence-corrected chi connectivity index (χ3v) is 6.65. The fourth-order valence-electron chi connectivity index (χ4n) is 4.33. The van der Waals surface area contributed by atoms with Gasteiger partial charge >= 0.3 is 6.29 Å². The standard InChI is InChI=1S/C28H30F3NO5/c1-4-26(2,3)24-10-17-9-16(20(29)13-21(17)32(24)14-19(34)15-33)11-25(35)27(7-8-27)18-5-6-22-23(12-18)37-28(30,31)36-22/h5-6,9-10,12-13,19,33-34H,4,7-8,11,14-15H2,1-3H3/t19-/m1/s1/i2D3,4D2,5D,6D,9D,10D,12D,13D/t19-,26?. The molecule has 5 rings (SSSR count). The maximum atomic E-state index is 16.1. The van der Waals surface area contributed by atoms with Crippen molar-refractivity contribution in [3.63, 3.8) is 0 Å². The number of hydrogen-bond donors (Lipinski definition) is 2. The minimum Gasteiger partial charge on any atom is -0.395 e. The SMILES string of the molecule is [2H]c1c([2H])c(C2(C(=O)Cc3c(F)c([2H])c4c(c3[2H])c([2H])c(C(C)(C([2H])([2H])[2H])C([2H])([2H])C)n4C[C@@H](O)CO)CC2)c([2H])c2c1OC(F)(F)O2. The van der Waals surface area contributed by atoms with Crippen molar-refractivity contribution in [1.29, 1.82) is 0 Å². The van der Waals surface area contributed by atoms with Crippen molar-refractivity contribution < 1.29 is 52.7 Å². The summed E-state index contributed by atoms with van der Waals surface area (Å²) in [6, 6.07) is -5.11. The molecule has 1 aliphatic heterocycles. The highest BCUT2D eigenvalue weighted by atomic mass is 19.3. The van der Waals surface area contributed by atoms with Crippen molar-refractivity contribution in [1.82, 2.24) is 4.57 Å². The van der Waals surface area contributed by atoms with Gasteiger partial charge in [-0.3, -0.25) is 4.79 Å². The first-order chi connectivity index (χ1) is 21.9. The monoisotopic (exact) mass is 528 g/mol. The number of halogens is 3. The van der Waals surface area contributed by atoms with Crippen LogP contribution < -0.4 is 9.47 Å². The number of Topliss-reactive ketones (excluding diaryl/α,β-unsaturated/α-hetero) is 1. The van der Waals surface area contributed by atoms with Crippen LogP contribution in [-0.2, 0) is 28.6 Å². The number of aliphatic hydroxyl groups excluding tert-OH is 2. The van der Waals surface area contributed by atoms with Gasteiger partial charge in [0.2, 0.25) is 0 Å². The number of nitrogens with zero attached hydrogens (tertiary/aromatic N) is 1. The van der Waals surface area contributed by atoms with Crippen molar-refractivity contribution in [2.45, 2.75) is 76.1 Å². The van der Waals surface area contributed by atoms with Crippen LogP contribution in [0.2, 0.25) is 0 Å². The van der Waals surface area contributed by atoms with Crippen molar-refractivity contribution in [2.24, 2.45) is 0 Å². The van der Waals surface area contributed by atoms with Crippen LogP contribution in [0.5, 0.6) is 11.5 Å². The predicted octanol–water partition coefficient (Wildman–Crippen LogP) is 4.99.